The molecule has 1 aromatic heterocycles. The quantitative estimate of drug-likeness (QED) is 0.0553. The first-order chi connectivity index (χ1) is 49.5. The number of pyridine rings is 1. The summed E-state index contributed by atoms with van der Waals surface area (Å²) in [5, 5.41) is 23.7. The van der Waals surface area contributed by atoms with Crippen LogP contribution in [-0.2, 0) is 21.8 Å². The number of fused-ring (bicyclic) bond motifs is 1. The second-order valence-corrected chi connectivity index (χ2v) is 35.0. The van der Waals surface area contributed by atoms with Crippen LogP contribution in [0, 0.1) is 27.7 Å². The Hall–Kier alpha value is -7.27. The number of benzene rings is 13. The summed E-state index contributed by atoms with van der Waals surface area (Å²) in [7, 11) is 8.37. The summed E-state index contributed by atoms with van der Waals surface area (Å²) in [6.07, 6.45) is 0. The van der Waals surface area contributed by atoms with Gasteiger partial charge in [0.15, 0.2) is 5.78 Å². The second-order valence-electron chi connectivity index (χ2n) is 23.2. The third-order valence-corrected chi connectivity index (χ3v) is 25.1. The van der Waals surface area contributed by atoms with Crippen LogP contribution < -0.4 is 53.5 Å². The molecule has 0 spiro atoms. The minimum Gasteiger partial charge on any atom is -0.0622 e. The van der Waals surface area contributed by atoms with E-state index in [1.807, 2.05) is 38.1 Å². The summed E-state index contributed by atoms with van der Waals surface area (Å²) >= 11 is 18.2. The topological polar surface area (TPSA) is 76.2 Å². The number of aliphatic hydroxyl groups excluding tert-OH is 1. The van der Waals surface area contributed by atoms with E-state index in [2.05, 4.69) is 355 Å². The minimum absolute atomic E-state index is 0. The van der Waals surface area contributed by atoms with Crippen LogP contribution in [0.15, 0.2) is 355 Å². The number of nitrogens with two attached hydrogens (primary N) is 1. The Morgan fingerprint density at radius 2 is 0.660 bits per heavy atom. The number of aromatic nitrogens is 1. The molecule has 3 N–H and O–H groups in total. The number of ketones is 1. The van der Waals surface area contributed by atoms with E-state index in [9.17, 15) is 4.79 Å². The first-order valence-corrected chi connectivity index (χ1v) is 43.4. The van der Waals surface area contributed by atoms with Crippen molar-refractivity contribution >= 4 is 168 Å². The fraction of sp³-hybridized carbons (Fsp3) is 0.0787. The Morgan fingerprint density at radius 3 is 0.932 bits per heavy atom. The van der Waals surface area contributed by atoms with Crippen molar-refractivity contribution in [3.63, 3.8) is 0 Å². The van der Waals surface area contributed by atoms with Crippen molar-refractivity contribution in [1.29, 1.82) is 0 Å². The minimum atomic E-state index is -0.446. The molecular formula is C89H81Br2Cl4N2O2P3Ru. The van der Waals surface area contributed by atoms with E-state index in [-0.39, 0.29) is 35.0 Å². The zero-order valence-corrected chi connectivity index (χ0v) is 67.6. The number of carbonyl (C=O) groups is 1. The largest absolute Gasteiger partial charge is 0.0622 e. The molecule has 0 saturated carbocycles. The maximum atomic E-state index is 10.9. The molecule has 0 atom stereocenters. The summed E-state index contributed by atoms with van der Waals surface area (Å²) in [6, 6.07) is 121. The predicted octanol–water partition coefficient (Wildman–Crippen LogP) is 23.0. The molecule has 524 valence electrons. The van der Waals surface area contributed by atoms with Crippen LogP contribution in [0.2, 0.25) is 10.0 Å². The first-order valence-electron chi connectivity index (χ1n) is 32.5. The van der Waals surface area contributed by atoms with Crippen LogP contribution in [0.1, 0.15) is 52.5 Å². The molecule has 14 rings (SSSR count). The normalized spacial score (nSPS) is 10.3. The van der Waals surface area contributed by atoms with Gasteiger partial charge in [0.25, 0.3) is 0 Å². The maximum Gasteiger partial charge on any atom is -0.0134 e. The van der Waals surface area contributed by atoms with Crippen molar-refractivity contribution in [2.75, 3.05) is 5.73 Å². The molecule has 0 aliphatic rings. The van der Waals surface area contributed by atoms with Crippen LogP contribution in [0.25, 0.3) is 22.2 Å². The Labute approximate surface area is 656 Å². The van der Waals surface area contributed by atoms with E-state index < -0.39 is 23.8 Å². The Balaban J connectivity index is 0.000000174. The van der Waals surface area contributed by atoms with Crippen LogP contribution in [0.3, 0.4) is 0 Å². The molecule has 14 aromatic rings. The SMILES string of the molecule is C.CC(=O)c1cc(C)cc(C)c1.Cc1cc(C)cc(-c2ccc3cc(Br)c(Cl)cc3n2)c1.Nc1cc(Cl)c(Br)cc1CO.[Cl][Ru][Cl].c1ccc(P(c2ccccc2)c2ccccc2)cc1.c1ccc(P(c2ccccc2)c2ccccc2)cc1.c1ccc(P(c2ccccc2)c2ccccc2)cc1. The van der Waals surface area contributed by atoms with Gasteiger partial charge in [-0.1, -0.05) is 344 Å². The van der Waals surface area contributed by atoms with Gasteiger partial charge in [0.05, 0.1) is 27.9 Å². The zero-order valence-electron chi connectivity index (χ0n) is 57.0. The monoisotopic (exact) mass is 1700 g/mol. The van der Waals surface area contributed by atoms with Gasteiger partial charge < -0.3 is 10.8 Å². The van der Waals surface area contributed by atoms with Crippen molar-refractivity contribution < 1.29 is 25.0 Å². The molecule has 0 fully saturated rings. The number of nitrogens with zero attached hydrogens (tertiary/aromatic N) is 1. The summed E-state index contributed by atoms with van der Waals surface area (Å²) in [5.41, 5.74) is 15.4. The number of anilines is 1. The van der Waals surface area contributed by atoms with Crippen molar-refractivity contribution in [3.05, 3.63) is 398 Å². The van der Waals surface area contributed by atoms with E-state index in [0.717, 1.165) is 47.8 Å². The number of aryl methyl sites for hydroxylation is 4. The van der Waals surface area contributed by atoms with E-state index in [4.69, 9.17) is 58.4 Å². The molecule has 0 aliphatic carbocycles. The van der Waals surface area contributed by atoms with Crippen molar-refractivity contribution in [2.24, 2.45) is 0 Å². The molecule has 14 heteroatoms. The van der Waals surface area contributed by atoms with Crippen molar-refractivity contribution in [3.8, 4) is 11.3 Å². The summed E-state index contributed by atoms with van der Waals surface area (Å²) in [6.45, 7) is 9.73. The van der Waals surface area contributed by atoms with Gasteiger partial charge in [-0.2, -0.15) is 0 Å². The summed E-state index contributed by atoms with van der Waals surface area (Å²) in [5.74, 6) is 0.136. The van der Waals surface area contributed by atoms with Gasteiger partial charge in [-0.15, -0.1) is 0 Å². The zero-order chi connectivity index (χ0) is 72.6. The van der Waals surface area contributed by atoms with E-state index in [0.29, 0.717) is 21.3 Å². The third-order valence-electron chi connectivity index (χ3n) is 15.4. The number of Topliss-reactive ketones (excluding diaryl/α,β-unsaturated/α-hetero) is 1. The molecule has 13 aromatic carbocycles. The Bertz CT molecular complexity index is 4220. The number of halogens is 6. The molecule has 0 saturated heterocycles. The van der Waals surface area contributed by atoms with Gasteiger partial charge >= 0.3 is 34.5 Å². The third kappa shape index (κ3) is 26.4. The molecular weight excluding hydrogens is 1620 g/mol. The average molecular weight is 1710 g/mol. The number of rotatable bonds is 12. The molecule has 4 nitrogen and oxygen atoms in total. The van der Waals surface area contributed by atoms with Crippen LogP contribution in [0.4, 0.5) is 5.69 Å². The molecule has 0 aliphatic heterocycles. The van der Waals surface area contributed by atoms with Crippen molar-refractivity contribution in [2.45, 2.75) is 48.7 Å². The number of hydrogen-bond acceptors (Lipinski definition) is 4. The van der Waals surface area contributed by atoms with Gasteiger partial charge in [-0.3, -0.25) is 4.79 Å². The van der Waals surface area contributed by atoms with Crippen molar-refractivity contribution in [1.82, 2.24) is 4.98 Å². The van der Waals surface area contributed by atoms with Crippen LogP contribution >= 0.6 is 98.2 Å². The molecule has 0 radical (unpaired) electrons. The summed E-state index contributed by atoms with van der Waals surface area (Å²) in [4.78, 5) is 15.7. The first kappa shape index (κ1) is 83.0. The average Bonchev–Trinajstić information content (AvgIpc) is 0.816. The number of aliphatic hydroxyl groups is 1. The van der Waals surface area contributed by atoms with E-state index in [1.54, 1.807) is 19.1 Å². The summed E-state index contributed by atoms with van der Waals surface area (Å²) < 4.78 is 1.64. The fourth-order valence-corrected chi connectivity index (χ4v) is 18.9. The predicted molar refractivity (Wildman–Crippen MR) is 459 cm³/mol. The van der Waals surface area contributed by atoms with Gasteiger partial charge in [0.1, 0.15) is 0 Å². The number of hydrogen-bond donors (Lipinski definition) is 2. The number of nitrogen functional groups attached to an aromatic ring is 1. The van der Waals surface area contributed by atoms with Gasteiger partial charge in [0.2, 0.25) is 0 Å². The van der Waals surface area contributed by atoms with Gasteiger partial charge in [-0.05, 0) is 193 Å². The Morgan fingerprint density at radius 1 is 0.398 bits per heavy atom. The van der Waals surface area contributed by atoms with Gasteiger partial charge in [-0.25, -0.2) is 4.98 Å². The smallest absolute Gasteiger partial charge is 0.0134 e. The maximum absolute atomic E-state index is 10.9. The van der Waals surface area contributed by atoms with E-state index >= 15 is 0 Å². The molecule has 103 heavy (non-hydrogen) atoms. The van der Waals surface area contributed by atoms with Gasteiger partial charge in [0, 0.05) is 36.7 Å². The molecule has 0 amide bonds. The van der Waals surface area contributed by atoms with E-state index in [1.165, 1.54) is 58.9 Å². The standard InChI is InChI=1S/3C18H15P.C17H13BrClN.C10H12O.C7H7BrClNO.CH4.2ClH.Ru/c3*1-4-10-16(11-5-1)19(17-12-6-2-7-13-17)18-14-8-3-9-15-18;1-10-5-11(2)7-13(6-10)16-4-3-12-8-14(18)15(19)9-17(12)20-16;1-7-4-8(2)6-10(5-7)9(3)11;8-5-1-4(3-11)7(10)2-6(5)9;;;;/h3*1-15H;3-9H,1-2H3;4-6H,1-3H3;1-2,11H,3,10H2;1H4;2*1H;/q;;;;;;;;;+2/p-2. The fourth-order valence-electron chi connectivity index (χ4n) is 10.9. The van der Waals surface area contributed by atoms with Crippen LogP contribution in [-0.4, -0.2) is 15.9 Å². The number of carbonyl (C=O) groups excluding carboxylic acids is 1. The second kappa shape index (κ2) is 44.5. The Kier molecular flexibility index (Phi) is 35.9. The molecule has 1 heterocycles. The molecule has 0 unspecified atom stereocenters. The molecule has 0 bridgehead atoms. The van der Waals surface area contributed by atoms with Crippen LogP contribution in [0.5, 0.6) is 0 Å².